The van der Waals surface area contributed by atoms with Gasteiger partial charge >= 0.3 is 6.03 Å². The van der Waals surface area contributed by atoms with Gasteiger partial charge in [-0.3, -0.25) is 14.5 Å². The minimum absolute atomic E-state index is 0.258. The SMILES string of the molecule is CCn1c(-c2ccccc2)c(C(=O)CN2C(=O)N[C@@H](Cc3ccccc3)C2=O)c2ccccc21. The maximum Gasteiger partial charge on any atom is 0.325 e. The van der Waals surface area contributed by atoms with Gasteiger partial charge in [-0.2, -0.15) is 0 Å². The lowest BCUT2D eigenvalue weighted by molar-refractivity contribution is -0.127. The van der Waals surface area contributed by atoms with Gasteiger partial charge in [0.2, 0.25) is 0 Å². The van der Waals surface area contributed by atoms with Gasteiger partial charge in [0.1, 0.15) is 6.04 Å². The van der Waals surface area contributed by atoms with Crippen molar-refractivity contribution in [3.05, 3.63) is 96.1 Å². The molecule has 0 bridgehead atoms. The van der Waals surface area contributed by atoms with Crippen LogP contribution in [0.15, 0.2) is 84.9 Å². The quantitative estimate of drug-likeness (QED) is 0.328. The Labute approximate surface area is 197 Å². The van der Waals surface area contributed by atoms with Gasteiger partial charge < -0.3 is 9.88 Å². The lowest BCUT2D eigenvalue weighted by Gasteiger charge is -2.14. The molecule has 6 nitrogen and oxygen atoms in total. The van der Waals surface area contributed by atoms with Gasteiger partial charge in [0.05, 0.1) is 17.8 Å². The fourth-order valence-corrected chi connectivity index (χ4v) is 4.75. The second-order valence-corrected chi connectivity index (χ2v) is 8.39. The molecule has 3 amide bonds. The molecule has 1 atom stereocenters. The zero-order chi connectivity index (χ0) is 23.7. The van der Waals surface area contributed by atoms with Crippen LogP contribution in [0.5, 0.6) is 0 Å². The number of ketones is 1. The molecule has 5 rings (SSSR count). The molecule has 3 aromatic carbocycles. The van der Waals surface area contributed by atoms with E-state index in [-0.39, 0.29) is 18.2 Å². The number of fused-ring (bicyclic) bond motifs is 1. The molecule has 0 unspecified atom stereocenters. The number of nitrogens with one attached hydrogen (secondary N) is 1. The van der Waals surface area contributed by atoms with Crippen LogP contribution in [0.2, 0.25) is 0 Å². The highest BCUT2D eigenvalue weighted by molar-refractivity contribution is 6.17. The zero-order valence-corrected chi connectivity index (χ0v) is 18.9. The van der Waals surface area contributed by atoms with E-state index in [0.29, 0.717) is 18.5 Å². The number of carbonyl (C=O) groups excluding carboxylic acids is 3. The highest BCUT2D eigenvalue weighted by atomic mass is 16.2. The van der Waals surface area contributed by atoms with Gasteiger partial charge in [-0.25, -0.2) is 4.79 Å². The molecule has 6 heteroatoms. The molecule has 34 heavy (non-hydrogen) atoms. The topological polar surface area (TPSA) is 71.4 Å². The predicted octanol–water partition coefficient (Wildman–Crippen LogP) is 4.67. The molecule has 0 saturated carbocycles. The average molecular weight is 452 g/mol. The van der Waals surface area contributed by atoms with Crippen molar-refractivity contribution in [3.63, 3.8) is 0 Å². The van der Waals surface area contributed by atoms with E-state index in [1.54, 1.807) is 0 Å². The maximum atomic E-state index is 13.7. The number of benzene rings is 3. The van der Waals surface area contributed by atoms with Crippen LogP contribution < -0.4 is 5.32 Å². The molecule has 0 radical (unpaired) electrons. The number of imide groups is 1. The van der Waals surface area contributed by atoms with Crippen molar-refractivity contribution < 1.29 is 14.4 Å². The predicted molar refractivity (Wildman–Crippen MR) is 132 cm³/mol. The van der Waals surface area contributed by atoms with E-state index in [4.69, 9.17) is 0 Å². The lowest BCUT2D eigenvalue weighted by atomic mass is 10.0. The Morgan fingerprint density at radius 2 is 1.53 bits per heavy atom. The molecule has 4 aromatic rings. The van der Waals surface area contributed by atoms with E-state index in [9.17, 15) is 14.4 Å². The molecular weight excluding hydrogens is 426 g/mol. The van der Waals surface area contributed by atoms with E-state index in [2.05, 4.69) is 9.88 Å². The summed E-state index contributed by atoms with van der Waals surface area (Å²) in [7, 11) is 0. The number of carbonyl (C=O) groups is 3. The fourth-order valence-electron chi connectivity index (χ4n) is 4.75. The van der Waals surface area contributed by atoms with Gasteiger partial charge in [-0.1, -0.05) is 78.9 Å². The van der Waals surface area contributed by atoms with Crippen molar-refractivity contribution in [1.29, 1.82) is 0 Å². The van der Waals surface area contributed by atoms with Crippen molar-refractivity contribution in [2.45, 2.75) is 25.9 Å². The molecular formula is C28H25N3O3. The fraction of sp³-hybridized carbons (Fsp3) is 0.179. The summed E-state index contributed by atoms with van der Waals surface area (Å²) in [4.78, 5) is 40.5. The minimum Gasteiger partial charge on any atom is -0.340 e. The smallest absolute Gasteiger partial charge is 0.325 e. The van der Waals surface area contributed by atoms with E-state index in [1.807, 2.05) is 91.9 Å². The van der Waals surface area contributed by atoms with E-state index in [1.165, 1.54) is 0 Å². The van der Waals surface area contributed by atoms with Gasteiger partial charge in [-0.15, -0.1) is 0 Å². The Morgan fingerprint density at radius 3 is 2.24 bits per heavy atom. The van der Waals surface area contributed by atoms with Crippen molar-refractivity contribution in [2.24, 2.45) is 0 Å². The summed E-state index contributed by atoms with van der Waals surface area (Å²) in [6, 6.07) is 25.8. The Kier molecular flexibility index (Phi) is 5.72. The van der Waals surface area contributed by atoms with E-state index in [0.717, 1.165) is 32.6 Å². The molecule has 0 spiro atoms. The van der Waals surface area contributed by atoms with Crippen LogP contribution >= 0.6 is 0 Å². The van der Waals surface area contributed by atoms with Crippen molar-refractivity contribution >= 4 is 28.6 Å². The summed E-state index contributed by atoms with van der Waals surface area (Å²) in [6.45, 7) is 2.42. The number of nitrogens with zero attached hydrogens (tertiary/aromatic N) is 2. The highest BCUT2D eigenvalue weighted by Gasteiger charge is 2.39. The van der Waals surface area contributed by atoms with Gasteiger partial charge in [0.25, 0.3) is 5.91 Å². The summed E-state index contributed by atoms with van der Waals surface area (Å²) in [5.41, 5.74) is 4.17. The van der Waals surface area contributed by atoms with Gasteiger partial charge in [0, 0.05) is 23.9 Å². The summed E-state index contributed by atoms with van der Waals surface area (Å²) in [5.74, 6) is -0.631. The summed E-state index contributed by atoms with van der Waals surface area (Å²) in [6.07, 6.45) is 0.389. The molecule has 1 aliphatic heterocycles. The van der Waals surface area contributed by atoms with Crippen LogP contribution in [0.3, 0.4) is 0 Å². The van der Waals surface area contributed by atoms with Crippen LogP contribution in [0.1, 0.15) is 22.8 Å². The van der Waals surface area contributed by atoms with Crippen LogP contribution in [0.25, 0.3) is 22.2 Å². The second kappa shape index (κ2) is 8.98. The first-order valence-electron chi connectivity index (χ1n) is 11.4. The van der Waals surface area contributed by atoms with Crippen molar-refractivity contribution in [2.75, 3.05) is 6.54 Å². The molecule has 1 N–H and O–H groups in total. The van der Waals surface area contributed by atoms with Gasteiger partial charge in [-0.05, 0) is 24.1 Å². The second-order valence-electron chi connectivity index (χ2n) is 8.39. The molecule has 2 heterocycles. The Morgan fingerprint density at radius 1 is 0.882 bits per heavy atom. The monoisotopic (exact) mass is 451 g/mol. The third-order valence-corrected chi connectivity index (χ3v) is 6.30. The van der Waals surface area contributed by atoms with Gasteiger partial charge in [0.15, 0.2) is 5.78 Å². The Bertz CT molecular complexity index is 1380. The Hall–Kier alpha value is -4.19. The number of aromatic nitrogens is 1. The summed E-state index contributed by atoms with van der Waals surface area (Å²) in [5, 5.41) is 3.56. The minimum atomic E-state index is -0.673. The molecule has 0 aliphatic carbocycles. The summed E-state index contributed by atoms with van der Waals surface area (Å²) >= 11 is 0. The Balaban J connectivity index is 1.50. The molecule has 1 saturated heterocycles. The van der Waals surface area contributed by atoms with E-state index < -0.39 is 12.1 Å². The molecule has 1 fully saturated rings. The van der Waals surface area contributed by atoms with Crippen molar-refractivity contribution in [1.82, 2.24) is 14.8 Å². The maximum absolute atomic E-state index is 13.7. The number of hydrogen-bond acceptors (Lipinski definition) is 3. The number of amides is 3. The van der Waals surface area contributed by atoms with Crippen molar-refractivity contribution in [3.8, 4) is 11.3 Å². The van der Waals surface area contributed by atoms with Crippen LogP contribution in [-0.4, -0.2) is 39.8 Å². The van der Waals surface area contributed by atoms with E-state index >= 15 is 0 Å². The number of rotatable bonds is 7. The normalized spacial score (nSPS) is 15.7. The number of Topliss-reactive ketones (excluding diaryl/α,β-unsaturated/α-hetero) is 1. The third-order valence-electron chi connectivity index (χ3n) is 6.30. The lowest BCUT2D eigenvalue weighted by Crippen LogP contribution is -2.36. The standard InChI is InChI=1S/C28H25N3O3/c1-2-30-23-16-10-9-15-21(23)25(26(30)20-13-7-4-8-14-20)24(32)18-31-27(33)22(29-28(31)34)17-19-11-5-3-6-12-19/h3-16,22H,2,17-18H2,1H3,(H,29,34)/t22-/m0/s1. The van der Waals surface area contributed by atoms with Crippen LogP contribution in [0, 0.1) is 0 Å². The summed E-state index contributed by atoms with van der Waals surface area (Å²) < 4.78 is 2.11. The first kappa shape index (κ1) is 21.6. The number of urea groups is 1. The average Bonchev–Trinajstić information content (AvgIpc) is 3.34. The molecule has 170 valence electrons. The third kappa shape index (κ3) is 3.77. The number of hydrogen-bond donors (Lipinski definition) is 1. The molecule has 1 aromatic heterocycles. The van der Waals surface area contributed by atoms with Crippen LogP contribution in [0.4, 0.5) is 4.79 Å². The first-order chi connectivity index (χ1) is 16.6. The number of aryl methyl sites for hydroxylation is 1. The largest absolute Gasteiger partial charge is 0.340 e. The number of para-hydroxylation sites is 1. The first-order valence-corrected chi connectivity index (χ1v) is 11.4. The zero-order valence-electron chi connectivity index (χ0n) is 18.9. The van der Waals surface area contributed by atoms with Crippen LogP contribution in [-0.2, 0) is 17.8 Å². The highest BCUT2D eigenvalue weighted by Crippen LogP contribution is 2.34. The molecule has 1 aliphatic rings.